The zero-order valence-electron chi connectivity index (χ0n) is 13.6. The molecule has 0 unspecified atom stereocenters. The monoisotopic (exact) mass is 320 g/mol. The first kappa shape index (κ1) is 18.9. The Bertz CT molecular complexity index is 493. The third kappa shape index (κ3) is 8.16. The summed E-state index contributed by atoms with van der Waals surface area (Å²) in [5.41, 5.74) is 0.521. The van der Waals surface area contributed by atoms with Gasteiger partial charge < -0.3 is 14.2 Å². The molecule has 0 saturated carbocycles. The Hall–Kier alpha value is -2.14. The Kier molecular flexibility index (Phi) is 9.40. The Morgan fingerprint density at radius 1 is 1.13 bits per heavy atom. The van der Waals surface area contributed by atoms with E-state index < -0.39 is 5.97 Å². The largest absolute Gasteiger partial charge is 0.494 e. The molecule has 0 aliphatic carbocycles. The second kappa shape index (κ2) is 11.4. The van der Waals surface area contributed by atoms with Gasteiger partial charge in [0.15, 0.2) is 5.78 Å². The number of hydrogen-bond donors (Lipinski definition) is 0. The molecular weight excluding hydrogens is 296 g/mol. The summed E-state index contributed by atoms with van der Waals surface area (Å²) in [5, 5.41) is 0. The predicted octanol–water partition coefficient (Wildman–Crippen LogP) is 3.18. The van der Waals surface area contributed by atoms with E-state index in [1.807, 2.05) is 6.08 Å². The van der Waals surface area contributed by atoms with Gasteiger partial charge in [-0.3, -0.25) is 4.79 Å². The molecule has 0 radical (unpaired) electrons. The minimum Gasteiger partial charge on any atom is -0.494 e. The number of allylic oxidation sites excluding steroid dienone is 1. The molecule has 0 N–H and O–H groups in total. The molecule has 5 nitrogen and oxygen atoms in total. The van der Waals surface area contributed by atoms with E-state index in [2.05, 4.69) is 6.58 Å². The van der Waals surface area contributed by atoms with Crippen LogP contribution in [0.5, 0.6) is 5.75 Å². The highest BCUT2D eigenvalue weighted by Gasteiger charge is 2.08. The number of carbonyl (C=O) groups is 2. The summed E-state index contributed by atoms with van der Waals surface area (Å²) < 4.78 is 15.3. The van der Waals surface area contributed by atoms with Crippen LogP contribution in [-0.2, 0) is 14.3 Å². The van der Waals surface area contributed by atoms with Crippen molar-refractivity contribution in [3.63, 3.8) is 0 Å². The van der Waals surface area contributed by atoms with Gasteiger partial charge in [-0.05, 0) is 50.5 Å². The molecule has 0 aliphatic rings. The zero-order valence-corrected chi connectivity index (χ0v) is 13.6. The lowest BCUT2D eigenvalue weighted by atomic mass is 10.1. The zero-order chi connectivity index (χ0) is 16.9. The molecule has 1 aromatic carbocycles. The fourth-order valence-corrected chi connectivity index (χ4v) is 1.83. The van der Waals surface area contributed by atoms with Crippen LogP contribution >= 0.6 is 0 Å². The Morgan fingerprint density at radius 2 is 1.87 bits per heavy atom. The van der Waals surface area contributed by atoms with Crippen molar-refractivity contribution in [3.05, 3.63) is 42.5 Å². The predicted molar refractivity (Wildman–Crippen MR) is 87.8 cm³/mol. The lowest BCUT2D eigenvalue weighted by molar-refractivity contribution is -0.147. The van der Waals surface area contributed by atoms with E-state index >= 15 is 0 Å². The molecule has 0 atom stereocenters. The number of esters is 1. The highest BCUT2D eigenvalue weighted by Crippen LogP contribution is 2.13. The Balaban J connectivity index is 2.30. The van der Waals surface area contributed by atoms with Gasteiger partial charge in [0.25, 0.3) is 0 Å². The molecule has 0 heterocycles. The molecule has 5 heteroatoms. The van der Waals surface area contributed by atoms with Gasteiger partial charge in [-0.25, -0.2) is 4.79 Å². The van der Waals surface area contributed by atoms with E-state index in [0.29, 0.717) is 18.8 Å². The molecule has 0 aliphatic heterocycles. The molecular formula is C18H24O5. The molecule has 126 valence electrons. The summed E-state index contributed by atoms with van der Waals surface area (Å²) >= 11 is 0. The second-order valence-corrected chi connectivity index (χ2v) is 4.88. The number of hydrogen-bond acceptors (Lipinski definition) is 5. The SMILES string of the molecule is C=CCCCCOc1ccc(C(=O)COCC(=O)OCC)cc1. The first-order valence-electron chi connectivity index (χ1n) is 7.77. The van der Waals surface area contributed by atoms with E-state index in [0.717, 1.165) is 25.0 Å². The Labute approximate surface area is 137 Å². The second-order valence-electron chi connectivity index (χ2n) is 4.88. The highest BCUT2D eigenvalue weighted by atomic mass is 16.6. The van der Waals surface area contributed by atoms with Gasteiger partial charge in [-0.1, -0.05) is 6.08 Å². The normalized spacial score (nSPS) is 10.1. The Morgan fingerprint density at radius 3 is 2.52 bits per heavy atom. The van der Waals surface area contributed by atoms with Crippen molar-refractivity contribution in [3.8, 4) is 5.75 Å². The van der Waals surface area contributed by atoms with Gasteiger partial charge in [0.2, 0.25) is 0 Å². The van der Waals surface area contributed by atoms with E-state index in [9.17, 15) is 9.59 Å². The maximum Gasteiger partial charge on any atom is 0.332 e. The van der Waals surface area contributed by atoms with Gasteiger partial charge in [0.1, 0.15) is 19.0 Å². The molecule has 0 fully saturated rings. The van der Waals surface area contributed by atoms with Crippen molar-refractivity contribution in [2.24, 2.45) is 0 Å². The number of ketones is 1. The van der Waals surface area contributed by atoms with Crippen molar-refractivity contribution < 1.29 is 23.8 Å². The number of Topliss-reactive ketones (excluding diaryl/α,β-unsaturated/α-hetero) is 1. The average Bonchev–Trinajstić information content (AvgIpc) is 2.55. The number of unbranched alkanes of at least 4 members (excludes halogenated alkanes) is 2. The molecule has 1 aromatic rings. The van der Waals surface area contributed by atoms with Crippen LogP contribution in [0, 0.1) is 0 Å². The minimum absolute atomic E-state index is 0.152. The number of benzene rings is 1. The lowest BCUT2D eigenvalue weighted by Gasteiger charge is -2.07. The van der Waals surface area contributed by atoms with Crippen molar-refractivity contribution in [1.29, 1.82) is 0 Å². The fraction of sp³-hybridized carbons (Fsp3) is 0.444. The maximum atomic E-state index is 11.9. The van der Waals surface area contributed by atoms with Crippen LogP contribution in [0.3, 0.4) is 0 Å². The average molecular weight is 320 g/mol. The van der Waals surface area contributed by atoms with Crippen molar-refractivity contribution in [2.45, 2.75) is 26.2 Å². The van der Waals surface area contributed by atoms with Crippen molar-refractivity contribution >= 4 is 11.8 Å². The number of ether oxygens (including phenoxy) is 3. The summed E-state index contributed by atoms with van der Waals surface area (Å²) in [7, 11) is 0. The molecule has 0 aromatic heterocycles. The molecule has 0 saturated heterocycles. The van der Waals surface area contributed by atoms with Gasteiger partial charge >= 0.3 is 5.97 Å². The van der Waals surface area contributed by atoms with Crippen molar-refractivity contribution in [2.75, 3.05) is 26.4 Å². The standard InChI is InChI=1S/C18H24O5/c1-3-5-6-7-12-23-16-10-8-15(9-11-16)17(19)13-21-14-18(20)22-4-2/h3,8-11H,1,4-7,12-14H2,2H3. The van der Waals surface area contributed by atoms with Crippen LogP contribution in [0.15, 0.2) is 36.9 Å². The van der Waals surface area contributed by atoms with Crippen LogP contribution in [0.25, 0.3) is 0 Å². The number of carbonyl (C=O) groups excluding carboxylic acids is 2. The van der Waals surface area contributed by atoms with Crippen LogP contribution in [0.4, 0.5) is 0 Å². The van der Waals surface area contributed by atoms with E-state index in [4.69, 9.17) is 14.2 Å². The maximum absolute atomic E-state index is 11.9. The van der Waals surface area contributed by atoms with E-state index in [1.54, 1.807) is 31.2 Å². The van der Waals surface area contributed by atoms with E-state index in [1.165, 1.54) is 0 Å². The van der Waals surface area contributed by atoms with Crippen LogP contribution in [-0.4, -0.2) is 38.2 Å². The first-order valence-corrected chi connectivity index (χ1v) is 7.77. The van der Waals surface area contributed by atoms with Gasteiger partial charge in [0.05, 0.1) is 13.2 Å². The third-order valence-electron chi connectivity index (χ3n) is 3.01. The van der Waals surface area contributed by atoms with Crippen LogP contribution in [0.1, 0.15) is 36.5 Å². The topological polar surface area (TPSA) is 61.8 Å². The van der Waals surface area contributed by atoms with Crippen molar-refractivity contribution in [1.82, 2.24) is 0 Å². The highest BCUT2D eigenvalue weighted by molar-refractivity contribution is 5.97. The summed E-state index contributed by atoms with van der Waals surface area (Å²) in [5.74, 6) is 0.0694. The quantitative estimate of drug-likeness (QED) is 0.256. The van der Waals surface area contributed by atoms with Gasteiger partial charge in [-0.15, -0.1) is 6.58 Å². The third-order valence-corrected chi connectivity index (χ3v) is 3.01. The van der Waals surface area contributed by atoms with Gasteiger partial charge in [0, 0.05) is 5.56 Å². The molecule has 1 rings (SSSR count). The fourth-order valence-electron chi connectivity index (χ4n) is 1.83. The molecule has 0 bridgehead atoms. The molecule has 0 amide bonds. The summed E-state index contributed by atoms with van der Waals surface area (Å²) in [6, 6.07) is 6.89. The smallest absolute Gasteiger partial charge is 0.332 e. The lowest BCUT2D eigenvalue weighted by Crippen LogP contribution is -2.17. The summed E-state index contributed by atoms with van der Waals surface area (Å²) in [4.78, 5) is 23.0. The van der Waals surface area contributed by atoms with Gasteiger partial charge in [-0.2, -0.15) is 0 Å². The molecule has 23 heavy (non-hydrogen) atoms. The van der Waals surface area contributed by atoms with Crippen LogP contribution < -0.4 is 4.74 Å². The first-order chi connectivity index (χ1) is 11.2. The summed E-state index contributed by atoms with van der Waals surface area (Å²) in [6.45, 7) is 5.96. The molecule has 0 spiro atoms. The minimum atomic E-state index is -0.472. The number of rotatable bonds is 12. The van der Waals surface area contributed by atoms with E-state index in [-0.39, 0.29) is 19.0 Å². The summed E-state index contributed by atoms with van der Waals surface area (Å²) in [6.07, 6.45) is 4.90. The van der Waals surface area contributed by atoms with Crippen LogP contribution in [0.2, 0.25) is 0 Å².